The summed E-state index contributed by atoms with van der Waals surface area (Å²) < 4.78 is 5.03. The van der Waals surface area contributed by atoms with Crippen molar-refractivity contribution >= 4 is 0 Å². The van der Waals surface area contributed by atoms with Crippen molar-refractivity contribution in [2.45, 2.75) is 18.8 Å². The van der Waals surface area contributed by atoms with Crippen molar-refractivity contribution in [1.82, 2.24) is 10.2 Å². The van der Waals surface area contributed by atoms with Crippen molar-refractivity contribution < 1.29 is 4.74 Å². The van der Waals surface area contributed by atoms with Gasteiger partial charge in [0, 0.05) is 33.4 Å². The van der Waals surface area contributed by atoms with Crippen LogP contribution in [0.5, 0.6) is 0 Å². The van der Waals surface area contributed by atoms with Crippen LogP contribution in [0.1, 0.15) is 24.3 Å². The van der Waals surface area contributed by atoms with Gasteiger partial charge < -0.3 is 15.0 Å². The van der Waals surface area contributed by atoms with Gasteiger partial charge in [-0.2, -0.15) is 0 Å². The summed E-state index contributed by atoms with van der Waals surface area (Å²) in [7, 11) is 1.76. The van der Waals surface area contributed by atoms with E-state index in [0.717, 1.165) is 38.6 Å². The molecule has 0 amide bonds. The molecular formula is C16H26N2O. The van der Waals surface area contributed by atoms with Crippen LogP contribution < -0.4 is 5.32 Å². The standard InChI is InChI=1S/C16H26N2O/c1-19-13-5-9-17-10-12-18-11-8-16(14-18)15-6-3-2-4-7-15/h2-4,6-7,16-17H,5,8-14H2,1H3. The van der Waals surface area contributed by atoms with Gasteiger partial charge in [0.15, 0.2) is 0 Å². The Labute approximate surface area is 116 Å². The maximum Gasteiger partial charge on any atom is 0.0474 e. The van der Waals surface area contributed by atoms with Crippen LogP contribution in [0.15, 0.2) is 30.3 Å². The number of nitrogens with one attached hydrogen (secondary N) is 1. The van der Waals surface area contributed by atoms with Crippen LogP contribution in [0.2, 0.25) is 0 Å². The summed E-state index contributed by atoms with van der Waals surface area (Å²) in [5.74, 6) is 0.731. The van der Waals surface area contributed by atoms with Gasteiger partial charge in [-0.3, -0.25) is 0 Å². The van der Waals surface area contributed by atoms with Crippen LogP contribution >= 0.6 is 0 Å². The lowest BCUT2D eigenvalue weighted by atomic mass is 9.99. The lowest BCUT2D eigenvalue weighted by Gasteiger charge is -2.16. The van der Waals surface area contributed by atoms with Gasteiger partial charge >= 0.3 is 0 Å². The van der Waals surface area contributed by atoms with Crippen molar-refractivity contribution in [2.75, 3.05) is 46.4 Å². The van der Waals surface area contributed by atoms with E-state index < -0.39 is 0 Å². The summed E-state index contributed by atoms with van der Waals surface area (Å²) in [6.45, 7) is 6.61. The fraction of sp³-hybridized carbons (Fsp3) is 0.625. The number of hydrogen-bond donors (Lipinski definition) is 1. The maximum absolute atomic E-state index is 5.03. The normalized spacial score (nSPS) is 19.9. The fourth-order valence-corrected chi connectivity index (χ4v) is 2.74. The molecule has 0 spiro atoms. The third-order valence-electron chi connectivity index (χ3n) is 3.85. The van der Waals surface area contributed by atoms with E-state index in [1.54, 1.807) is 7.11 Å². The van der Waals surface area contributed by atoms with Gasteiger partial charge in [0.1, 0.15) is 0 Å². The molecule has 3 heteroatoms. The minimum Gasteiger partial charge on any atom is -0.385 e. The first-order chi connectivity index (χ1) is 9.40. The highest BCUT2D eigenvalue weighted by molar-refractivity contribution is 5.20. The third-order valence-corrected chi connectivity index (χ3v) is 3.85. The number of hydrogen-bond acceptors (Lipinski definition) is 3. The van der Waals surface area contributed by atoms with E-state index in [9.17, 15) is 0 Å². The fourth-order valence-electron chi connectivity index (χ4n) is 2.74. The predicted octanol–water partition coefficient (Wildman–Crippen LogP) is 2.10. The Morgan fingerprint density at radius 1 is 1.26 bits per heavy atom. The van der Waals surface area contributed by atoms with E-state index in [4.69, 9.17) is 4.74 Å². The van der Waals surface area contributed by atoms with Crippen molar-refractivity contribution in [1.29, 1.82) is 0 Å². The first-order valence-electron chi connectivity index (χ1n) is 7.37. The molecule has 3 nitrogen and oxygen atoms in total. The molecule has 1 heterocycles. The molecule has 2 rings (SSSR count). The van der Waals surface area contributed by atoms with Gasteiger partial charge in [0.25, 0.3) is 0 Å². The Hall–Kier alpha value is -0.900. The summed E-state index contributed by atoms with van der Waals surface area (Å²) in [6.07, 6.45) is 2.40. The van der Waals surface area contributed by atoms with Crippen LogP contribution in [-0.4, -0.2) is 51.3 Å². The Morgan fingerprint density at radius 2 is 2.11 bits per heavy atom. The molecule has 1 atom stereocenters. The highest BCUT2D eigenvalue weighted by atomic mass is 16.5. The number of methoxy groups -OCH3 is 1. The minimum atomic E-state index is 0.731. The van der Waals surface area contributed by atoms with Crippen molar-refractivity contribution in [3.63, 3.8) is 0 Å². The molecule has 0 saturated carbocycles. The summed E-state index contributed by atoms with van der Waals surface area (Å²) in [5, 5.41) is 3.48. The number of benzene rings is 1. The van der Waals surface area contributed by atoms with Crippen LogP contribution in [0.4, 0.5) is 0 Å². The van der Waals surface area contributed by atoms with Gasteiger partial charge in [-0.05, 0) is 37.4 Å². The second-order valence-electron chi connectivity index (χ2n) is 5.29. The lowest BCUT2D eigenvalue weighted by Crippen LogP contribution is -2.31. The minimum absolute atomic E-state index is 0.731. The number of nitrogens with zero attached hydrogens (tertiary/aromatic N) is 1. The monoisotopic (exact) mass is 262 g/mol. The van der Waals surface area contributed by atoms with Crippen LogP contribution in [0, 0.1) is 0 Å². The summed E-state index contributed by atoms with van der Waals surface area (Å²) in [5.41, 5.74) is 1.50. The molecule has 1 aliphatic rings. The molecule has 1 N–H and O–H groups in total. The zero-order valence-corrected chi connectivity index (χ0v) is 12.0. The van der Waals surface area contributed by atoms with E-state index in [0.29, 0.717) is 0 Å². The zero-order chi connectivity index (χ0) is 13.3. The van der Waals surface area contributed by atoms with Crippen molar-refractivity contribution in [3.8, 4) is 0 Å². The molecule has 1 saturated heterocycles. The topological polar surface area (TPSA) is 24.5 Å². The highest BCUT2D eigenvalue weighted by Crippen LogP contribution is 2.26. The number of ether oxygens (including phenoxy) is 1. The first kappa shape index (κ1) is 14.5. The Bertz CT molecular complexity index is 342. The number of likely N-dealkylation sites (tertiary alicyclic amines) is 1. The Balaban J connectivity index is 1.60. The third kappa shape index (κ3) is 4.94. The molecule has 0 aliphatic carbocycles. The molecule has 0 bridgehead atoms. The van der Waals surface area contributed by atoms with Crippen molar-refractivity contribution in [3.05, 3.63) is 35.9 Å². The van der Waals surface area contributed by atoms with E-state index >= 15 is 0 Å². The van der Waals surface area contributed by atoms with E-state index in [1.807, 2.05) is 0 Å². The average molecular weight is 262 g/mol. The Morgan fingerprint density at radius 3 is 2.89 bits per heavy atom. The maximum atomic E-state index is 5.03. The molecule has 19 heavy (non-hydrogen) atoms. The molecule has 1 fully saturated rings. The van der Waals surface area contributed by atoms with Crippen molar-refractivity contribution in [2.24, 2.45) is 0 Å². The first-order valence-corrected chi connectivity index (χ1v) is 7.37. The van der Waals surface area contributed by atoms with Crippen LogP contribution in [0.3, 0.4) is 0 Å². The zero-order valence-electron chi connectivity index (χ0n) is 12.0. The second-order valence-corrected chi connectivity index (χ2v) is 5.29. The number of rotatable bonds is 8. The van der Waals surface area contributed by atoms with Crippen LogP contribution in [-0.2, 0) is 4.74 Å². The van der Waals surface area contributed by atoms with Gasteiger partial charge in [0.05, 0.1) is 0 Å². The predicted molar refractivity (Wildman–Crippen MR) is 79.6 cm³/mol. The molecule has 1 aliphatic heterocycles. The van der Waals surface area contributed by atoms with E-state index in [1.165, 1.54) is 25.1 Å². The molecule has 106 valence electrons. The summed E-state index contributed by atoms with van der Waals surface area (Å²) in [6, 6.07) is 10.9. The Kier molecular flexibility index (Phi) is 6.34. The van der Waals surface area contributed by atoms with E-state index in [-0.39, 0.29) is 0 Å². The summed E-state index contributed by atoms with van der Waals surface area (Å²) >= 11 is 0. The van der Waals surface area contributed by atoms with Gasteiger partial charge in [-0.25, -0.2) is 0 Å². The van der Waals surface area contributed by atoms with Crippen LogP contribution in [0.25, 0.3) is 0 Å². The largest absolute Gasteiger partial charge is 0.385 e. The van der Waals surface area contributed by atoms with Gasteiger partial charge in [-0.1, -0.05) is 30.3 Å². The summed E-state index contributed by atoms with van der Waals surface area (Å²) in [4.78, 5) is 2.57. The SMILES string of the molecule is COCCCNCCN1CCC(c2ccccc2)C1. The van der Waals surface area contributed by atoms with Gasteiger partial charge in [-0.15, -0.1) is 0 Å². The lowest BCUT2D eigenvalue weighted by molar-refractivity contribution is 0.194. The molecule has 1 unspecified atom stereocenters. The molecule has 1 aromatic carbocycles. The van der Waals surface area contributed by atoms with Gasteiger partial charge in [0.2, 0.25) is 0 Å². The smallest absolute Gasteiger partial charge is 0.0474 e. The molecule has 0 aromatic heterocycles. The molecular weight excluding hydrogens is 236 g/mol. The average Bonchev–Trinajstić information content (AvgIpc) is 2.92. The molecule has 0 radical (unpaired) electrons. The highest BCUT2D eigenvalue weighted by Gasteiger charge is 2.22. The molecule has 1 aromatic rings. The van der Waals surface area contributed by atoms with E-state index in [2.05, 4.69) is 40.5 Å². The second kappa shape index (κ2) is 8.31. The quantitative estimate of drug-likeness (QED) is 0.726.